The number of carbonyl (C=O) groups excluding carboxylic acids is 1. The van der Waals surface area contributed by atoms with Gasteiger partial charge in [-0.1, -0.05) is 55.0 Å². The average Bonchev–Trinajstić information content (AvgIpc) is 2.75. The zero-order valence-electron chi connectivity index (χ0n) is 17.3. The molecule has 1 amide bonds. The Hall–Kier alpha value is -3.84. The van der Waals surface area contributed by atoms with Gasteiger partial charge in [0.15, 0.2) is 0 Å². The summed E-state index contributed by atoms with van der Waals surface area (Å²) in [5.41, 5.74) is 12.9. The molecular formula is C26H25N3O. The third kappa shape index (κ3) is 4.95. The van der Waals surface area contributed by atoms with Gasteiger partial charge in [0.25, 0.3) is 5.91 Å². The van der Waals surface area contributed by atoms with Gasteiger partial charge in [-0.05, 0) is 66.3 Å². The number of nitrogens with one attached hydrogen (secondary N) is 1. The molecule has 0 fully saturated rings. The van der Waals surface area contributed by atoms with E-state index in [4.69, 9.17) is 12.2 Å². The maximum absolute atomic E-state index is 12.5. The second kappa shape index (κ2) is 9.58. The van der Waals surface area contributed by atoms with E-state index in [1.165, 1.54) is 11.1 Å². The zero-order valence-corrected chi connectivity index (χ0v) is 17.3. The number of carbonyl (C=O) groups is 1. The number of hydrogen-bond acceptors (Lipinski definition) is 2. The lowest BCUT2D eigenvalue weighted by atomic mass is 9.99. The fourth-order valence-corrected chi connectivity index (χ4v) is 3.35. The van der Waals surface area contributed by atoms with Gasteiger partial charge >= 0.3 is 0 Å². The first-order chi connectivity index (χ1) is 14.5. The molecule has 0 saturated heterocycles. The summed E-state index contributed by atoms with van der Waals surface area (Å²) >= 11 is 0. The second-order valence-electron chi connectivity index (χ2n) is 7.17. The lowest BCUT2D eigenvalue weighted by Crippen LogP contribution is -2.25. The maximum Gasteiger partial charge on any atom is 0.251 e. The Labute approximate surface area is 177 Å². The summed E-state index contributed by atoms with van der Waals surface area (Å²) in [6.45, 7) is 4.56. The largest absolute Gasteiger partial charge is 0.383 e. The summed E-state index contributed by atoms with van der Waals surface area (Å²) in [6.07, 6.45) is 5.89. The van der Waals surface area contributed by atoms with Crippen LogP contribution in [-0.2, 0) is 6.42 Å². The van der Waals surface area contributed by atoms with Crippen LogP contribution in [0.1, 0.15) is 32.6 Å². The Bertz CT molecular complexity index is 1120. The smallest absolute Gasteiger partial charge is 0.251 e. The Kier molecular flexibility index (Phi) is 6.67. The number of benzene rings is 3. The Morgan fingerprint density at radius 2 is 1.77 bits per heavy atom. The Morgan fingerprint density at radius 3 is 2.47 bits per heavy atom. The van der Waals surface area contributed by atoms with Crippen molar-refractivity contribution in [2.45, 2.75) is 20.3 Å². The molecule has 0 bridgehead atoms. The van der Waals surface area contributed by atoms with E-state index in [-0.39, 0.29) is 5.91 Å². The second-order valence-corrected chi connectivity index (χ2v) is 7.17. The standard InChI is InChI=1S/C26H25N3O/c1-4-28-25(27)24-17-20(10-9-19(24)3)15-16-29-26(30)22-13-11-21(12-14-22)23-8-6-5-7-18(23)2/h1,5-14,17H,15-16H2,2-3H3,(H2,27,28)(H,29,30). The van der Waals surface area contributed by atoms with Crippen molar-refractivity contribution in [2.24, 2.45) is 10.7 Å². The average molecular weight is 396 g/mol. The van der Waals surface area contributed by atoms with E-state index in [1.54, 1.807) is 0 Å². The van der Waals surface area contributed by atoms with Gasteiger partial charge in [-0.15, -0.1) is 0 Å². The number of nitrogens with two attached hydrogens (primary N) is 1. The van der Waals surface area contributed by atoms with Gasteiger partial charge in [0.1, 0.15) is 5.84 Å². The van der Waals surface area contributed by atoms with Gasteiger partial charge < -0.3 is 11.1 Å². The van der Waals surface area contributed by atoms with Crippen LogP contribution in [0.2, 0.25) is 0 Å². The number of hydrogen-bond donors (Lipinski definition) is 2. The van der Waals surface area contributed by atoms with E-state index in [9.17, 15) is 4.79 Å². The lowest BCUT2D eigenvalue weighted by molar-refractivity contribution is 0.0954. The van der Waals surface area contributed by atoms with Gasteiger partial charge in [-0.3, -0.25) is 4.79 Å². The summed E-state index contributed by atoms with van der Waals surface area (Å²) in [5.74, 6) is 0.238. The van der Waals surface area contributed by atoms with Gasteiger partial charge in [0.2, 0.25) is 0 Å². The topological polar surface area (TPSA) is 67.5 Å². The molecule has 0 aliphatic rings. The first-order valence-corrected chi connectivity index (χ1v) is 9.82. The van der Waals surface area contributed by atoms with Crippen molar-refractivity contribution in [2.75, 3.05) is 6.54 Å². The Morgan fingerprint density at radius 1 is 1.03 bits per heavy atom. The quantitative estimate of drug-likeness (QED) is 0.372. The van der Waals surface area contributed by atoms with Gasteiger partial charge in [-0.25, -0.2) is 0 Å². The zero-order chi connectivity index (χ0) is 21.5. The van der Waals surface area contributed by atoms with Crippen molar-refractivity contribution in [3.63, 3.8) is 0 Å². The van der Waals surface area contributed by atoms with Crippen molar-refractivity contribution in [3.8, 4) is 23.6 Å². The molecule has 4 heteroatoms. The molecule has 0 radical (unpaired) electrons. The summed E-state index contributed by atoms with van der Waals surface area (Å²) in [7, 11) is 0. The van der Waals surface area contributed by atoms with Crippen molar-refractivity contribution in [3.05, 3.63) is 94.5 Å². The van der Waals surface area contributed by atoms with Crippen LogP contribution < -0.4 is 11.1 Å². The van der Waals surface area contributed by atoms with Crippen LogP contribution in [-0.4, -0.2) is 18.3 Å². The number of rotatable bonds is 6. The van der Waals surface area contributed by atoms with Crippen molar-refractivity contribution >= 4 is 11.7 Å². The van der Waals surface area contributed by atoms with Crippen LogP contribution in [0.15, 0.2) is 71.7 Å². The molecule has 3 aromatic carbocycles. The van der Waals surface area contributed by atoms with E-state index >= 15 is 0 Å². The van der Waals surface area contributed by atoms with Crippen LogP contribution in [0.5, 0.6) is 0 Å². The molecule has 3 rings (SSSR count). The third-order valence-electron chi connectivity index (χ3n) is 5.07. The highest BCUT2D eigenvalue weighted by molar-refractivity contribution is 5.99. The maximum atomic E-state index is 12.5. The van der Waals surface area contributed by atoms with Gasteiger partial charge in [0, 0.05) is 23.7 Å². The van der Waals surface area contributed by atoms with E-state index in [0.717, 1.165) is 22.3 Å². The van der Waals surface area contributed by atoms with Gasteiger partial charge in [0.05, 0.1) is 0 Å². The van der Waals surface area contributed by atoms with Crippen LogP contribution >= 0.6 is 0 Å². The number of nitrogens with zero attached hydrogens (tertiary/aromatic N) is 1. The molecule has 3 aromatic rings. The SMILES string of the molecule is C#CN=C(N)c1cc(CCNC(=O)c2ccc(-c3ccccc3C)cc2)ccc1C. The van der Waals surface area contributed by atoms with E-state index in [2.05, 4.69) is 35.4 Å². The molecule has 0 unspecified atom stereocenters. The molecule has 4 nitrogen and oxygen atoms in total. The summed E-state index contributed by atoms with van der Waals surface area (Å²) in [6, 6.07) is 24.1. The summed E-state index contributed by atoms with van der Waals surface area (Å²) in [4.78, 5) is 16.3. The minimum atomic E-state index is -0.0907. The van der Waals surface area contributed by atoms with Crippen molar-refractivity contribution in [1.29, 1.82) is 0 Å². The van der Waals surface area contributed by atoms with Crippen LogP contribution in [0.25, 0.3) is 11.1 Å². The van der Waals surface area contributed by atoms with Crippen molar-refractivity contribution < 1.29 is 4.79 Å². The fraction of sp³-hybridized carbons (Fsp3) is 0.154. The fourth-order valence-electron chi connectivity index (χ4n) is 3.35. The molecule has 0 atom stereocenters. The minimum absolute atomic E-state index is 0.0907. The molecule has 0 aliphatic carbocycles. The summed E-state index contributed by atoms with van der Waals surface area (Å²) in [5, 5.41) is 2.97. The van der Waals surface area contributed by atoms with Crippen LogP contribution in [0.3, 0.4) is 0 Å². The van der Waals surface area contributed by atoms with Crippen LogP contribution in [0, 0.1) is 26.3 Å². The molecule has 0 saturated carbocycles. The molecular weight excluding hydrogens is 370 g/mol. The summed E-state index contributed by atoms with van der Waals surface area (Å²) < 4.78 is 0. The van der Waals surface area contributed by atoms with E-state index in [1.807, 2.05) is 61.5 Å². The first kappa shape index (κ1) is 20.9. The number of amides is 1. The Balaban J connectivity index is 1.61. The molecule has 0 aliphatic heterocycles. The molecule has 30 heavy (non-hydrogen) atoms. The van der Waals surface area contributed by atoms with E-state index < -0.39 is 0 Å². The number of aliphatic imine (C=N–C) groups is 1. The number of terminal acetylenes is 1. The molecule has 150 valence electrons. The normalized spacial score (nSPS) is 11.0. The van der Waals surface area contributed by atoms with E-state index in [0.29, 0.717) is 24.4 Å². The third-order valence-corrected chi connectivity index (χ3v) is 5.07. The highest BCUT2D eigenvalue weighted by Crippen LogP contribution is 2.23. The first-order valence-electron chi connectivity index (χ1n) is 9.82. The predicted octanol–water partition coefficient (Wildman–Crippen LogP) is 4.24. The molecule has 0 heterocycles. The van der Waals surface area contributed by atoms with Crippen LogP contribution in [0.4, 0.5) is 0 Å². The lowest BCUT2D eigenvalue weighted by Gasteiger charge is -2.10. The predicted molar refractivity (Wildman–Crippen MR) is 123 cm³/mol. The molecule has 3 N–H and O–H groups in total. The van der Waals surface area contributed by atoms with Crippen molar-refractivity contribution in [1.82, 2.24) is 5.32 Å². The minimum Gasteiger partial charge on any atom is -0.383 e. The monoisotopic (exact) mass is 395 g/mol. The molecule has 0 aromatic heterocycles. The highest BCUT2D eigenvalue weighted by Gasteiger charge is 2.08. The number of amidine groups is 1. The molecule has 0 spiro atoms. The number of aryl methyl sites for hydroxylation is 2. The van der Waals surface area contributed by atoms with Gasteiger partial charge in [-0.2, -0.15) is 4.99 Å². The highest BCUT2D eigenvalue weighted by atomic mass is 16.1.